The molecule has 1 aromatic heterocycles. The second kappa shape index (κ2) is 9.50. The first-order valence-electron chi connectivity index (χ1n) is 11.3. The molecule has 2 aliphatic rings. The van der Waals surface area contributed by atoms with Gasteiger partial charge in [0.15, 0.2) is 0 Å². The van der Waals surface area contributed by atoms with E-state index in [1.54, 1.807) is 20.8 Å². The second-order valence-corrected chi connectivity index (χ2v) is 10.1. The van der Waals surface area contributed by atoms with Gasteiger partial charge in [0.1, 0.15) is 17.5 Å². The molecule has 1 unspecified atom stereocenters. The van der Waals surface area contributed by atoms with Crippen molar-refractivity contribution in [3.8, 4) is 0 Å². The van der Waals surface area contributed by atoms with Gasteiger partial charge in [0.25, 0.3) is 0 Å². The Morgan fingerprint density at radius 3 is 2.59 bits per heavy atom. The molecule has 2 aromatic rings. The van der Waals surface area contributed by atoms with E-state index >= 15 is 0 Å². The molecule has 0 radical (unpaired) electrons. The van der Waals surface area contributed by atoms with Crippen molar-refractivity contribution in [2.24, 2.45) is 0 Å². The van der Waals surface area contributed by atoms with E-state index in [1.807, 2.05) is 18.2 Å². The Morgan fingerprint density at radius 1 is 1.15 bits per heavy atom. The van der Waals surface area contributed by atoms with E-state index < -0.39 is 23.7 Å². The molecule has 0 N–H and O–H groups in total. The van der Waals surface area contributed by atoms with Crippen molar-refractivity contribution in [1.82, 2.24) is 14.8 Å². The number of fused-ring (bicyclic) bond motifs is 2. The summed E-state index contributed by atoms with van der Waals surface area (Å²) < 4.78 is 24.6. The molecule has 0 saturated carbocycles. The Hall–Kier alpha value is -2.71. The van der Waals surface area contributed by atoms with Crippen LogP contribution in [0.2, 0.25) is 5.02 Å². The van der Waals surface area contributed by atoms with Crippen LogP contribution in [0.25, 0.3) is 0 Å². The number of nitrogens with zero attached hydrogens (tertiary/aromatic N) is 3. The quantitative estimate of drug-likeness (QED) is 0.590. The van der Waals surface area contributed by atoms with Gasteiger partial charge < -0.3 is 9.47 Å². The topological polar surface area (TPSA) is 72.0 Å². The molecule has 2 heterocycles. The van der Waals surface area contributed by atoms with Crippen LogP contribution in [0, 0.1) is 5.82 Å². The van der Waals surface area contributed by atoms with Gasteiger partial charge in [0.2, 0.25) is 0 Å². The summed E-state index contributed by atoms with van der Waals surface area (Å²) in [5.74, 6) is -0.906. The lowest BCUT2D eigenvalue weighted by Crippen LogP contribution is -2.59. The fourth-order valence-corrected chi connectivity index (χ4v) is 4.89. The van der Waals surface area contributed by atoms with Crippen LogP contribution < -0.4 is 0 Å². The molecule has 9 heteroatoms. The van der Waals surface area contributed by atoms with E-state index in [-0.39, 0.29) is 24.9 Å². The molecule has 1 aromatic carbocycles. The number of aryl methyl sites for hydroxylation is 2. The van der Waals surface area contributed by atoms with Crippen LogP contribution in [0.15, 0.2) is 30.5 Å². The third-order valence-corrected chi connectivity index (χ3v) is 6.40. The van der Waals surface area contributed by atoms with Gasteiger partial charge in [-0.05, 0) is 68.5 Å². The summed E-state index contributed by atoms with van der Waals surface area (Å²) >= 11 is 6.28. The Bertz CT molecular complexity index is 1050. The summed E-state index contributed by atoms with van der Waals surface area (Å²) in [4.78, 5) is 33.6. The highest BCUT2D eigenvalue weighted by Crippen LogP contribution is 2.38. The highest BCUT2D eigenvalue weighted by atomic mass is 35.5. The predicted octanol–water partition coefficient (Wildman–Crippen LogP) is 4.16. The molecular weight excluding hydrogens is 461 g/mol. The van der Waals surface area contributed by atoms with Crippen molar-refractivity contribution >= 4 is 23.7 Å². The number of hydrogen-bond donors (Lipinski definition) is 0. The molecule has 4 rings (SSSR count). The molecule has 1 saturated heterocycles. The third kappa shape index (κ3) is 5.03. The number of carbonyl (C=O) groups excluding carboxylic acids is 2. The molecule has 7 nitrogen and oxygen atoms in total. The number of piperazine rings is 1. The van der Waals surface area contributed by atoms with Crippen molar-refractivity contribution < 1.29 is 23.5 Å². The standard InChI is InChI=1S/C25H29ClFN3O4/c1-25(2,3)34-24(32)30-10-9-29(14-20(30)23(31)33-4)22-19-8-7-17(26)11-15(19)5-6-16-12-18(27)13-28-21(16)22/h7-8,11-13,20,22H,5-6,9-10,14H2,1-4H3/t20-,22?/m1/s1. The Balaban J connectivity index is 1.73. The third-order valence-electron chi connectivity index (χ3n) is 6.17. The summed E-state index contributed by atoms with van der Waals surface area (Å²) in [5.41, 5.74) is 2.94. The summed E-state index contributed by atoms with van der Waals surface area (Å²) in [6.45, 7) is 6.30. The van der Waals surface area contributed by atoms with E-state index in [9.17, 15) is 14.0 Å². The van der Waals surface area contributed by atoms with Gasteiger partial charge >= 0.3 is 12.1 Å². The highest BCUT2D eigenvalue weighted by Gasteiger charge is 2.42. The normalized spacial score (nSPS) is 20.7. The number of hydrogen-bond acceptors (Lipinski definition) is 6. The van der Waals surface area contributed by atoms with Crippen molar-refractivity contribution in [3.63, 3.8) is 0 Å². The maximum atomic E-state index is 14.1. The van der Waals surface area contributed by atoms with E-state index in [0.717, 1.165) is 22.4 Å². The number of methoxy groups -OCH3 is 1. The van der Waals surface area contributed by atoms with Crippen LogP contribution >= 0.6 is 11.6 Å². The van der Waals surface area contributed by atoms with Crippen molar-refractivity contribution in [1.29, 1.82) is 0 Å². The molecule has 0 spiro atoms. The van der Waals surface area contributed by atoms with Crippen LogP contribution in [0.3, 0.4) is 0 Å². The van der Waals surface area contributed by atoms with Gasteiger partial charge in [-0.1, -0.05) is 17.7 Å². The van der Waals surface area contributed by atoms with Crippen molar-refractivity contribution in [3.05, 3.63) is 63.7 Å². The van der Waals surface area contributed by atoms with E-state index in [1.165, 1.54) is 24.3 Å². The molecule has 2 atom stereocenters. The van der Waals surface area contributed by atoms with Gasteiger partial charge in [-0.15, -0.1) is 0 Å². The van der Waals surface area contributed by atoms with Crippen LogP contribution in [0.1, 0.15) is 49.2 Å². The van der Waals surface area contributed by atoms with E-state index in [2.05, 4.69) is 9.88 Å². The SMILES string of the molecule is COC(=O)[C@H]1CN(C2c3ccc(Cl)cc3CCc3cc(F)cnc32)CCN1C(=O)OC(C)(C)C. The van der Waals surface area contributed by atoms with Crippen LogP contribution in [0.5, 0.6) is 0 Å². The predicted molar refractivity (Wildman–Crippen MR) is 125 cm³/mol. The first-order chi connectivity index (χ1) is 16.1. The first-order valence-corrected chi connectivity index (χ1v) is 11.7. The first kappa shape index (κ1) is 24.4. The zero-order chi connectivity index (χ0) is 24.6. The Kier molecular flexibility index (Phi) is 6.82. The van der Waals surface area contributed by atoms with Gasteiger partial charge in [-0.25, -0.2) is 14.0 Å². The molecular formula is C25H29ClFN3O4. The maximum absolute atomic E-state index is 14.1. The summed E-state index contributed by atoms with van der Waals surface area (Å²) in [5, 5.41) is 0.629. The second-order valence-electron chi connectivity index (χ2n) is 9.65. The minimum absolute atomic E-state index is 0.219. The number of pyridine rings is 1. The number of esters is 1. The highest BCUT2D eigenvalue weighted by molar-refractivity contribution is 6.30. The summed E-state index contributed by atoms with van der Waals surface area (Å²) in [7, 11) is 1.30. The smallest absolute Gasteiger partial charge is 0.411 e. The lowest BCUT2D eigenvalue weighted by atomic mass is 9.95. The zero-order valence-corrected chi connectivity index (χ0v) is 20.6. The van der Waals surface area contributed by atoms with Crippen LogP contribution in [-0.4, -0.2) is 65.2 Å². The lowest BCUT2D eigenvalue weighted by Gasteiger charge is -2.43. The number of benzene rings is 1. The fourth-order valence-electron chi connectivity index (χ4n) is 4.70. The fraction of sp³-hybridized carbons (Fsp3) is 0.480. The molecule has 1 fully saturated rings. The molecule has 34 heavy (non-hydrogen) atoms. The van der Waals surface area contributed by atoms with Gasteiger partial charge in [0, 0.05) is 24.7 Å². The maximum Gasteiger partial charge on any atom is 0.411 e. The van der Waals surface area contributed by atoms with Crippen LogP contribution in [0.4, 0.5) is 9.18 Å². The Labute approximate surface area is 203 Å². The minimum Gasteiger partial charge on any atom is -0.467 e. The molecule has 1 aliphatic carbocycles. The zero-order valence-electron chi connectivity index (χ0n) is 19.8. The van der Waals surface area contributed by atoms with Gasteiger partial charge in [0.05, 0.1) is 25.0 Å². The van der Waals surface area contributed by atoms with Gasteiger partial charge in [-0.3, -0.25) is 14.8 Å². The molecule has 0 bridgehead atoms. The molecule has 182 valence electrons. The largest absolute Gasteiger partial charge is 0.467 e. The van der Waals surface area contributed by atoms with Crippen molar-refractivity contribution in [2.45, 2.75) is 51.3 Å². The molecule has 1 amide bonds. The number of amides is 1. The number of ether oxygens (including phenoxy) is 2. The number of aromatic nitrogens is 1. The van der Waals surface area contributed by atoms with Crippen LogP contribution in [-0.2, 0) is 27.1 Å². The van der Waals surface area contributed by atoms with E-state index in [0.29, 0.717) is 24.4 Å². The average molecular weight is 490 g/mol. The average Bonchev–Trinajstić information content (AvgIpc) is 2.93. The lowest BCUT2D eigenvalue weighted by molar-refractivity contribution is -0.149. The number of carbonyl (C=O) groups is 2. The van der Waals surface area contributed by atoms with Crippen molar-refractivity contribution in [2.75, 3.05) is 26.7 Å². The minimum atomic E-state index is -0.850. The Morgan fingerprint density at radius 2 is 1.88 bits per heavy atom. The number of halogens is 2. The number of rotatable bonds is 2. The van der Waals surface area contributed by atoms with Gasteiger partial charge in [-0.2, -0.15) is 0 Å². The summed E-state index contributed by atoms with van der Waals surface area (Å²) in [6.07, 6.45) is 1.99. The molecule has 1 aliphatic heterocycles. The van der Waals surface area contributed by atoms with E-state index in [4.69, 9.17) is 21.1 Å². The monoisotopic (exact) mass is 489 g/mol. The summed E-state index contributed by atoms with van der Waals surface area (Å²) in [6, 6.07) is 6.08.